The summed E-state index contributed by atoms with van der Waals surface area (Å²) in [5.41, 5.74) is -0.440. The van der Waals surface area contributed by atoms with Gasteiger partial charge in [0.05, 0.1) is 0 Å². The van der Waals surface area contributed by atoms with Gasteiger partial charge in [-0.1, -0.05) is 0 Å². The lowest BCUT2D eigenvalue weighted by Gasteiger charge is -2.19. The lowest BCUT2D eigenvalue weighted by molar-refractivity contribution is 0.0284. The van der Waals surface area contributed by atoms with Crippen LogP contribution < -0.4 is 5.32 Å². The van der Waals surface area contributed by atoms with Gasteiger partial charge in [0.2, 0.25) is 0 Å². The van der Waals surface area contributed by atoms with Gasteiger partial charge in [-0.2, -0.15) is 0 Å². The van der Waals surface area contributed by atoms with Gasteiger partial charge in [-0.3, -0.25) is 5.32 Å². The fraction of sp³-hybridized carbons (Fsp3) is 1.00. The van der Waals surface area contributed by atoms with Crippen LogP contribution in [0.25, 0.3) is 0 Å². The Balaban J connectivity index is 2.19. The molecule has 0 spiro atoms. The van der Waals surface area contributed by atoms with E-state index in [2.05, 4.69) is 5.32 Å². The van der Waals surface area contributed by atoms with Crippen LogP contribution in [0.2, 0.25) is 0 Å². The van der Waals surface area contributed by atoms with E-state index in [0.717, 1.165) is 25.3 Å². The summed E-state index contributed by atoms with van der Waals surface area (Å²) in [7, 11) is 0. The Bertz CT molecular complexity index is 105. The van der Waals surface area contributed by atoms with Gasteiger partial charge in [-0.15, -0.1) is 0 Å². The van der Waals surface area contributed by atoms with Gasteiger partial charge < -0.3 is 5.11 Å². The van der Waals surface area contributed by atoms with Gasteiger partial charge in [0.15, 0.2) is 0 Å². The van der Waals surface area contributed by atoms with Crippen molar-refractivity contribution in [1.29, 1.82) is 0 Å². The number of aliphatic hydroxyl groups is 1. The van der Waals surface area contributed by atoms with Gasteiger partial charge in [0.1, 0.15) is 5.72 Å². The number of piperidine rings is 1. The molecule has 1 aliphatic carbocycles. The average Bonchev–Trinajstić information content (AvgIpc) is 2.21. The fourth-order valence-corrected chi connectivity index (χ4v) is 1.79. The van der Waals surface area contributed by atoms with E-state index in [1.54, 1.807) is 0 Å². The highest BCUT2D eigenvalue weighted by Gasteiger charge is 2.42. The Morgan fingerprint density at radius 1 is 1.62 bits per heavy atom. The maximum Gasteiger partial charge on any atom is 0.116 e. The number of fused-ring (bicyclic) bond motifs is 2. The van der Waals surface area contributed by atoms with Crippen molar-refractivity contribution < 1.29 is 5.11 Å². The lowest BCUT2D eigenvalue weighted by atomic mass is 10.1. The number of hydrogen-bond acceptors (Lipinski definition) is 2. The molecule has 2 atom stereocenters. The van der Waals surface area contributed by atoms with Crippen molar-refractivity contribution in [2.45, 2.75) is 25.0 Å². The summed E-state index contributed by atoms with van der Waals surface area (Å²) in [6, 6.07) is 0. The average molecular weight is 113 g/mol. The predicted octanol–water partition coefficient (Wildman–Crippen LogP) is 0.0783. The third kappa shape index (κ3) is 0.501. The highest BCUT2D eigenvalue weighted by molar-refractivity contribution is 4.94. The zero-order valence-corrected chi connectivity index (χ0v) is 4.85. The van der Waals surface area contributed by atoms with Crippen molar-refractivity contribution in [2.24, 2.45) is 5.92 Å². The second-order valence-corrected chi connectivity index (χ2v) is 3.02. The Hall–Kier alpha value is -0.0800. The standard InChI is InChI=1S/C6H11NO/c8-6-2-1-5(3-6)4-7-6/h5,7-8H,1-4H2/t5-,6+/m0/s1. The van der Waals surface area contributed by atoms with E-state index in [0.29, 0.717) is 0 Å². The molecule has 0 unspecified atom stereocenters. The maximum atomic E-state index is 9.43. The summed E-state index contributed by atoms with van der Waals surface area (Å²) >= 11 is 0. The van der Waals surface area contributed by atoms with E-state index in [1.165, 1.54) is 6.42 Å². The molecule has 1 saturated carbocycles. The Morgan fingerprint density at radius 3 is 2.62 bits per heavy atom. The predicted molar refractivity (Wildman–Crippen MR) is 30.3 cm³/mol. The molecule has 8 heavy (non-hydrogen) atoms. The monoisotopic (exact) mass is 113 g/mol. The van der Waals surface area contributed by atoms with Gasteiger partial charge in [0, 0.05) is 6.54 Å². The summed E-state index contributed by atoms with van der Waals surface area (Å²) in [5, 5.41) is 12.5. The molecule has 0 aromatic carbocycles. The molecule has 1 saturated heterocycles. The van der Waals surface area contributed by atoms with Gasteiger partial charge in [-0.05, 0) is 25.2 Å². The largest absolute Gasteiger partial charge is 0.376 e. The second kappa shape index (κ2) is 1.25. The summed E-state index contributed by atoms with van der Waals surface area (Å²) in [5.74, 6) is 0.778. The van der Waals surface area contributed by atoms with Gasteiger partial charge >= 0.3 is 0 Å². The van der Waals surface area contributed by atoms with Crippen molar-refractivity contribution in [1.82, 2.24) is 5.32 Å². The molecule has 2 heteroatoms. The van der Waals surface area contributed by atoms with E-state index >= 15 is 0 Å². The molecule has 2 aliphatic rings. The van der Waals surface area contributed by atoms with E-state index in [-0.39, 0.29) is 0 Å². The Labute approximate surface area is 48.9 Å². The molecule has 2 bridgehead atoms. The molecule has 0 aromatic heterocycles. The highest BCUT2D eigenvalue weighted by Crippen LogP contribution is 2.37. The molecule has 2 nitrogen and oxygen atoms in total. The molecule has 2 rings (SSSR count). The lowest BCUT2D eigenvalue weighted by Crippen LogP contribution is -2.39. The first kappa shape index (κ1) is 4.77. The maximum absolute atomic E-state index is 9.43. The summed E-state index contributed by atoms with van der Waals surface area (Å²) in [6.45, 7) is 1.04. The topological polar surface area (TPSA) is 32.3 Å². The van der Waals surface area contributed by atoms with Gasteiger partial charge in [-0.25, -0.2) is 0 Å². The van der Waals surface area contributed by atoms with E-state index in [9.17, 15) is 5.11 Å². The van der Waals surface area contributed by atoms with Crippen LogP contribution in [0.3, 0.4) is 0 Å². The van der Waals surface area contributed by atoms with Crippen LogP contribution in [0, 0.1) is 5.92 Å². The van der Waals surface area contributed by atoms with E-state index in [4.69, 9.17) is 0 Å². The quantitative estimate of drug-likeness (QED) is 0.466. The molecular weight excluding hydrogens is 102 g/mol. The number of rotatable bonds is 0. The number of hydrogen-bond donors (Lipinski definition) is 2. The third-order valence-electron chi connectivity index (χ3n) is 2.31. The minimum absolute atomic E-state index is 0.440. The summed E-state index contributed by atoms with van der Waals surface area (Å²) in [4.78, 5) is 0. The third-order valence-corrected chi connectivity index (χ3v) is 2.31. The van der Waals surface area contributed by atoms with Crippen LogP contribution in [0.15, 0.2) is 0 Å². The van der Waals surface area contributed by atoms with Crippen LogP contribution in [0.4, 0.5) is 0 Å². The molecule has 0 amide bonds. The SMILES string of the molecule is O[C@@]12CC[C@H](CN1)C2. The first-order chi connectivity index (χ1) is 3.79. The highest BCUT2D eigenvalue weighted by atomic mass is 16.3. The molecule has 1 aliphatic heterocycles. The van der Waals surface area contributed by atoms with Gasteiger partial charge in [0.25, 0.3) is 0 Å². The van der Waals surface area contributed by atoms with Crippen LogP contribution >= 0.6 is 0 Å². The van der Waals surface area contributed by atoms with Crippen molar-refractivity contribution >= 4 is 0 Å². The summed E-state index contributed by atoms with van der Waals surface area (Å²) < 4.78 is 0. The molecule has 1 heterocycles. The molecular formula is C6H11NO. The van der Waals surface area contributed by atoms with Crippen molar-refractivity contribution in [3.63, 3.8) is 0 Å². The zero-order valence-electron chi connectivity index (χ0n) is 4.85. The molecule has 2 fully saturated rings. The van der Waals surface area contributed by atoms with Crippen LogP contribution in [0.1, 0.15) is 19.3 Å². The first-order valence-electron chi connectivity index (χ1n) is 3.26. The van der Waals surface area contributed by atoms with E-state index in [1.807, 2.05) is 0 Å². The first-order valence-corrected chi connectivity index (χ1v) is 3.26. The Kier molecular flexibility index (Phi) is 0.746. The number of nitrogens with one attached hydrogen (secondary N) is 1. The Morgan fingerprint density at radius 2 is 2.50 bits per heavy atom. The van der Waals surface area contributed by atoms with Crippen molar-refractivity contribution in [3.8, 4) is 0 Å². The second-order valence-electron chi connectivity index (χ2n) is 3.02. The van der Waals surface area contributed by atoms with E-state index < -0.39 is 5.72 Å². The van der Waals surface area contributed by atoms with Crippen molar-refractivity contribution in [3.05, 3.63) is 0 Å². The zero-order chi connectivity index (χ0) is 5.61. The van der Waals surface area contributed by atoms with Crippen molar-refractivity contribution in [2.75, 3.05) is 6.54 Å². The van der Waals surface area contributed by atoms with Crippen LogP contribution in [0.5, 0.6) is 0 Å². The normalized spacial score (nSPS) is 52.9. The molecule has 0 radical (unpaired) electrons. The molecule has 46 valence electrons. The molecule has 2 N–H and O–H groups in total. The minimum Gasteiger partial charge on any atom is -0.376 e. The molecule has 0 aromatic rings. The minimum atomic E-state index is -0.440. The summed E-state index contributed by atoms with van der Waals surface area (Å²) in [6.07, 6.45) is 3.19. The smallest absolute Gasteiger partial charge is 0.116 e. The van der Waals surface area contributed by atoms with Crippen LogP contribution in [-0.2, 0) is 0 Å². The van der Waals surface area contributed by atoms with Crippen LogP contribution in [-0.4, -0.2) is 17.4 Å². The fourth-order valence-electron chi connectivity index (χ4n) is 1.79.